The van der Waals surface area contributed by atoms with Crippen molar-refractivity contribution in [3.8, 4) is 0 Å². The number of anilines is 3. The van der Waals surface area contributed by atoms with E-state index in [1.54, 1.807) is 0 Å². The van der Waals surface area contributed by atoms with Crippen molar-refractivity contribution in [1.29, 1.82) is 0 Å². The molecule has 1 aromatic heterocycles. The SMILES string of the molecule is O=C(O)CNc1nc(Nc2cc(Cl)ccc2Cl)cc(C(F)(F)F)n1. The van der Waals surface area contributed by atoms with E-state index in [1.165, 1.54) is 18.2 Å². The molecule has 0 spiro atoms. The summed E-state index contributed by atoms with van der Waals surface area (Å²) < 4.78 is 38.8. The average Bonchev–Trinajstić information content (AvgIpc) is 2.48. The van der Waals surface area contributed by atoms with Crippen molar-refractivity contribution < 1.29 is 23.1 Å². The van der Waals surface area contributed by atoms with E-state index < -0.39 is 30.3 Å². The molecule has 3 N–H and O–H groups in total. The molecule has 0 atom stereocenters. The molecule has 2 rings (SSSR count). The van der Waals surface area contributed by atoms with Crippen LogP contribution in [0, 0.1) is 0 Å². The van der Waals surface area contributed by atoms with E-state index >= 15 is 0 Å². The first-order valence-electron chi connectivity index (χ1n) is 6.29. The van der Waals surface area contributed by atoms with Crippen molar-refractivity contribution in [2.75, 3.05) is 17.2 Å². The number of carboxylic acids is 1. The normalized spacial score (nSPS) is 11.2. The summed E-state index contributed by atoms with van der Waals surface area (Å²) in [6, 6.07) is 5.05. The Morgan fingerprint density at radius 3 is 2.54 bits per heavy atom. The van der Waals surface area contributed by atoms with E-state index in [1.807, 2.05) is 0 Å². The van der Waals surface area contributed by atoms with Gasteiger partial charge in [-0.2, -0.15) is 18.2 Å². The number of rotatable bonds is 5. The Kier molecular flexibility index (Phi) is 5.35. The molecule has 0 saturated carbocycles. The molecule has 0 aliphatic heterocycles. The Labute approximate surface area is 143 Å². The molecule has 0 unspecified atom stereocenters. The molecule has 0 aliphatic carbocycles. The maximum absolute atomic E-state index is 12.9. The molecule has 1 heterocycles. The summed E-state index contributed by atoms with van der Waals surface area (Å²) >= 11 is 11.8. The first-order valence-corrected chi connectivity index (χ1v) is 7.05. The maximum Gasteiger partial charge on any atom is 0.433 e. The van der Waals surface area contributed by atoms with Crippen LogP contribution in [0.3, 0.4) is 0 Å². The number of hydrogen-bond donors (Lipinski definition) is 3. The molecule has 0 amide bonds. The van der Waals surface area contributed by atoms with Gasteiger partial charge in [-0.15, -0.1) is 0 Å². The summed E-state index contributed by atoms with van der Waals surface area (Å²) in [5, 5.41) is 13.9. The number of halogens is 5. The van der Waals surface area contributed by atoms with Crippen LogP contribution in [0.1, 0.15) is 5.69 Å². The van der Waals surface area contributed by atoms with E-state index in [2.05, 4.69) is 20.6 Å². The van der Waals surface area contributed by atoms with Gasteiger partial charge in [-0.05, 0) is 18.2 Å². The van der Waals surface area contributed by atoms with Crippen LogP contribution in [-0.4, -0.2) is 27.6 Å². The van der Waals surface area contributed by atoms with Gasteiger partial charge in [-0.1, -0.05) is 23.2 Å². The first-order chi connectivity index (χ1) is 11.1. The van der Waals surface area contributed by atoms with Gasteiger partial charge >= 0.3 is 12.1 Å². The molecule has 0 bridgehead atoms. The molecular weight excluding hydrogens is 372 g/mol. The second-order valence-electron chi connectivity index (χ2n) is 4.46. The Balaban J connectivity index is 2.38. The van der Waals surface area contributed by atoms with Gasteiger partial charge < -0.3 is 15.7 Å². The van der Waals surface area contributed by atoms with Crippen LogP contribution in [-0.2, 0) is 11.0 Å². The molecule has 6 nitrogen and oxygen atoms in total. The summed E-state index contributed by atoms with van der Waals surface area (Å²) in [6.45, 7) is -0.640. The molecular formula is C13H9Cl2F3N4O2. The van der Waals surface area contributed by atoms with E-state index in [-0.39, 0.29) is 16.5 Å². The zero-order chi connectivity index (χ0) is 17.9. The van der Waals surface area contributed by atoms with Gasteiger partial charge in [-0.3, -0.25) is 4.79 Å². The van der Waals surface area contributed by atoms with E-state index in [9.17, 15) is 18.0 Å². The highest BCUT2D eigenvalue weighted by atomic mass is 35.5. The van der Waals surface area contributed by atoms with Crippen LogP contribution < -0.4 is 10.6 Å². The lowest BCUT2D eigenvalue weighted by Crippen LogP contribution is -2.17. The lowest BCUT2D eigenvalue weighted by atomic mass is 10.3. The number of nitrogens with zero attached hydrogens (tertiary/aromatic N) is 2. The van der Waals surface area contributed by atoms with Gasteiger partial charge in [0.1, 0.15) is 12.4 Å². The third-order valence-electron chi connectivity index (χ3n) is 2.61. The number of aromatic nitrogens is 2. The standard InChI is InChI=1S/C13H9Cl2F3N4O2/c14-6-1-2-7(15)8(3-6)20-10-4-9(13(16,17)18)21-12(22-10)19-5-11(23)24/h1-4H,5H2,(H,23,24)(H2,19,20,21,22). The maximum atomic E-state index is 12.9. The minimum absolute atomic E-state index is 0.214. The van der Waals surface area contributed by atoms with E-state index in [0.717, 1.165) is 0 Å². The summed E-state index contributed by atoms with van der Waals surface area (Å²) in [7, 11) is 0. The Morgan fingerprint density at radius 1 is 1.21 bits per heavy atom. The van der Waals surface area contributed by atoms with Crippen LogP contribution in [0.15, 0.2) is 24.3 Å². The van der Waals surface area contributed by atoms with Crippen molar-refractivity contribution in [2.45, 2.75) is 6.18 Å². The predicted octanol–water partition coefficient (Wildman–Crippen LogP) is 4.04. The minimum atomic E-state index is -4.74. The second kappa shape index (κ2) is 7.10. The number of carbonyl (C=O) groups is 1. The Hall–Kier alpha value is -2.26. The van der Waals surface area contributed by atoms with Gasteiger partial charge in [0, 0.05) is 11.1 Å². The monoisotopic (exact) mass is 380 g/mol. The summed E-state index contributed by atoms with van der Waals surface area (Å²) in [4.78, 5) is 17.6. The van der Waals surface area contributed by atoms with Crippen molar-refractivity contribution in [3.63, 3.8) is 0 Å². The fraction of sp³-hybridized carbons (Fsp3) is 0.154. The Morgan fingerprint density at radius 2 is 1.92 bits per heavy atom. The predicted molar refractivity (Wildman–Crippen MR) is 82.9 cm³/mol. The fourth-order valence-electron chi connectivity index (χ4n) is 1.62. The van der Waals surface area contributed by atoms with Crippen LogP contribution in [0.2, 0.25) is 10.0 Å². The van der Waals surface area contributed by atoms with Gasteiger partial charge in [0.15, 0.2) is 5.69 Å². The number of hydrogen-bond acceptors (Lipinski definition) is 5. The average molecular weight is 381 g/mol. The van der Waals surface area contributed by atoms with E-state index in [4.69, 9.17) is 28.3 Å². The molecule has 2 aromatic rings. The molecule has 128 valence electrons. The summed E-state index contributed by atoms with van der Waals surface area (Å²) in [6.07, 6.45) is -4.74. The zero-order valence-electron chi connectivity index (χ0n) is 11.7. The highest BCUT2D eigenvalue weighted by molar-refractivity contribution is 6.35. The highest BCUT2D eigenvalue weighted by Gasteiger charge is 2.33. The third kappa shape index (κ3) is 4.87. The van der Waals surface area contributed by atoms with Crippen molar-refractivity contribution in [2.24, 2.45) is 0 Å². The summed E-state index contributed by atoms with van der Waals surface area (Å²) in [5.74, 6) is -1.99. The minimum Gasteiger partial charge on any atom is -0.480 e. The molecule has 0 fully saturated rings. The molecule has 24 heavy (non-hydrogen) atoms. The number of benzene rings is 1. The van der Waals surface area contributed by atoms with Crippen LogP contribution >= 0.6 is 23.2 Å². The van der Waals surface area contributed by atoms with Crippen molar-refractivity contribution in [3.05, 3.63) is 40.0 Å². The number of nitrogens with one attached hydrogen (secondary N) is 2. The molecule has 1 aromatic carbocycles. The van der Waals surface area contributed by atoms with Gasteiger partial charge in [0.05, 0.1) is 10.7 Å². The molecule has 0 saturated heterocycles. The quantitative estimate of drug-likeness (QED) is 0.725. The third-order valence-corrected chi connectivity index (χ3v) is 3.17. The lowest BCUT2D eigenvalue weighted by Gasteiger charge is -2.13. The topological polar surface area (TPSA) is 87.1 Å². The van der Waals surface area contributed by atoms with Crippen molar-refractivity contribution >= 4 is 46.6 Å². The lowest BCUT2D eigenvalue weighted by molar-refractivity contribution is -0.141. The second-order valence-corrected chi connectivity index (χ2v) is 5.30. The van der Waals surface area contributed by atoms with Crippen LogP contribution in [0.4, 0.5) is 30.6 Å². The van der Waals surface area contributed by atoms with Crippen LogP contribution in [0.5, 0.6) is 0 Å². The van der Waals surface area contributed by atoms with Gasteiger partial charge in [0.25, 0.3) is 0 Å². The zero-order valence-corrected chi connectivity index (χ0v) is 13.2. The molecule has 0 radical (unpaired) electrons. The van der Waals surface area contributed by atoms with Crippen LogP contribution in [0.25, 0.3) is 0 Å². The Bertz CT molecular complexity index is 771. The molecule has 11 heteroatoms. The van der Waals surface area contributed by atoms with Gasteiger partial charge in [0.2, 0.25) is 5.95 Å². The number of carboxylic acid groups (broad SMARTS) is 1. The molecule has 0 aliphatic rings. The first kappa shape index (κ1) is 18.1. The van der Waals surface area contributed by atoms with Crippen molar-refractivity contribution in [1.82, 2.24) is 9.97 Å². The number of alkyl halides is 3. The van der Waals surface area contributed by atoms with E-state index in [0.29, 0.717) is 11.1 Å². The highest BCUT2D eigenvalue weighted by Crippen LogP contribution is 2.32. The number of aliphatic carboxylic acids is 1. The van der Waals surface area contributed by atoms with Gasteiger partial charge in [-0.25, -0.2) is 4.98 Å². The summed E-state index contributed by atoms with van der Waals surface area (Å²) in [5.41, 5.74) is -1.01. The fourth-order valence-corrected chi connectivity index (χ4v) is 1.96. The largest absolute Gasteiger partial charge is 0.480 e. The smallest absolute Gasteiger partial charge is 0.433 e.